The number of hydrogen-bond donors (Lipinski definition) is 0. The lowest BCUT2D eigenvalue weighted by Crippen LogP contribution is -1.94. The van der Waals surface area contributed by atoms with Gasteiger partial charge in [-0.3, -0.25) is 4.68 Å². The molecule has 3 nitrogen and oxygen atoms in total. The lowest BCUT2D eigenvalue weighted by Gasteiger charge is -1.98. The second-order valence-corrected chi connectivity index (χ2v) is 3.28. The van der Waals surface area contributed by atoms with Crippen molar-refractivity contribution >= 4 is 15.9 Å². The van der Waals surface area contributed by atoms with E-state index >= 15 is 0 Å². The fraction of sp³-hybridized carbons (Fsp3) is 0.286. The summed E-state index contributed by atoms with van der Waals surface area (Å²) in [5, 5.41) is 3.94. The van der Waals surface area contributed by atoms with Gasteiger partial charge in [-0.25, -0.2) is 0 Å². The molecule has 1 aromatic heterocycles. The minimum absolute atomic E-state index is 0.478. The molecule has 0 aliphatic rings. The number of rotatable bonds is 3. The Morgan fingerprint density at radius 1 is 1.91 bits per heavy atom. The summed E-state index contributed by atoms with van der Waals surface area (Å²) < 4.78 is 7.77. The van der Waals surface area contributed by atoms with Gasteiger partial charge in [0, 0.05) is 11.5 Å². The van der Waals surface area contributed by atoms with Gasteiger partial charge < -0.3 is 4.74 Å². The molecule has 0 N–H and O–H groups in total. The first-order valence-electron chi connectivity index (χ1n) is 3.13. The molecule has 0 aliphatic carbocycles. The first-order valence-corrected chi connectivity index (χ1v) is 3.92. The van der Waals surface area contributed by atoms with E-state index in [4.69, 9.17) is 4.74 Å². The Morgan fingerprint density at radius 2 is 2.64 bits per heavy atom. The van der Waals surface area contributed by atoms with E-state index < -0.39 is 0 Å². The van der Waals surface area contributed by atoms with Crippen LogP contribution in [0.25, 0.3) is 0 Å². The third kappa shape index (κ3) is 2.76. The average Bonchev–Trinajstić information content (AvgIpc) is 2.31. The molecule has 11 heavy (non-hydrogen) atoms. The fourth-order valence-corrected chi connectivity index (χ4v) is 0.749. The lowest BCUT2D eigenvalue weighted by molar-refractivity contribution is 0.360. The number of aromatic nitrogens is 2. The van der Waals surface area contributed by atoms with Crippen LogP contribution in [0.4, 0.5) is 0 Å². The van der Waals surface area contributed by atoms with Crippen molar-refractivity contribution in [3.05, 3.63) is 23.5 Å². The Hall–Kier alpha value is -0.770. The lowest BCUT2D eigenvalue weighted by atomic mass is 10.6. The molecule has 0 unspecified atom stereocenters. The van der Waals surface area contributed by atoms with E-state index in [0.29, 0.717) is 6.61 Å². The molecule has 0 saturated carbocycles. The highest BCUT2D eigenvalue weighted by molar-refractivity contribution is 9.11. The number of hydrogen-bond acceptors (Lipinski definition) is 2. The summed E-state index contributed by atoms with van der Waals surface area (Å²) in [5.41, 5.74) is 0. The van der Waals surface area contributed by atoms with Crippen molar-refractivity contribution in [1.82, 2.24) is 9.78 Å². The van der Waals surface area contributed by atoms with Gasteiger partial charge in [-0.05, 0) is 0 Å². The zero-order valence-electron chi connectivity index (χ0n) is 6.25. The highest BCUT2D eigenvalue weighted by Gasteiger charge is 1.95. The van der Waals surface area contributed by atoms with Gasteiger partial charge in [-0.1, -0.05) is 22.5 Å². The molecular formula is C7H9BrN2O. The number of nitrogens with zero attached hydrogens (tertiary/aromatic N) is 2. The smallest absolute Gasteiger partial charge is 0.157 e. The van der Waals surface area contributed by atoms with Gasteiger partial charge in [0.1, 0.15) is 6.61 Å². The summed E-state index contributed by atoms with van der Waals surface area (Å²) in [6.07, 6.45) is 3.46. The zero-order chi connectivity index (χ0) is 8.27. The fourth-order valence-electron chi connectivity index (χ4n) is 0.635. The third-order valence-corrected chi connectivity index (χ3v) is 1.31. The van der Waals surface area contributed by atoms with Crippen LogP contribution in [-0.2, 0) is 7.05 Å². The minimum atomic E-state index is 0.478. The van der Waals surface area contributed by atoms with Crippen molar-refractivity contribution in [2.45, 2.75) is 0 Å². The van der Waals surface area contributed by atoms with Crippen molar-refractivity contribution < 1.29 is 4.74 Å². The Bertz CT molecular complexity index is 257. The third-order valence-electron chi connectivity index (χ3n) is 1.08. The van der Waals surface area contributed by atoms with E-state index in [0.717, 1.165) is 10.2 Å². The maximum absolute atomic E-state index is 5.26. The molecule has 60 valence electrons. The van der Waals surface area contributed by atoms with Gasteiger partial charge in [0.05, 0.1) is 12.4 Å². The molecule has 0 aromatic carbocycles. The molecule has 0 atom stereocenters. The number of aryl methyl sites for hydroxylation is 1. The Labute approximate surface area is 73.8 Å². The quantitative estimate of drug-likeness (QED) is 0.770. The topological polar surface area (TPSA) is 27.1 Å². The highest BCUT2D eigenvalue weighted by Crippen LogP contribution is 2.09. The molecule has 0 saturated heterocycles. The van der Waals surface area contributed by atoms with Crippen LogP contribution in [0.2, 0.25) is 0 Å². The van der Waals surface area contributed by atoms with Crippen LogP contribution < -0.4 is 4.74 Å². The van der Waals surface area contributed by atoms with Crippen LogP contribution in [0.5, 0.6) is 5.75 Å². The standard InChI is InChI=1S/C7H9BrN2O/c1-6(8)5-11-7-3-9-10(2)4-7/h3-4H,1,5H2,2H3. The molecule has 0 fully saturated rings. The van der Waals surface area contributed by atoms with Crippen LogP contribution in [0.15, 0.2) is 23.5 Å². The number of halogens is 1. The van der Waals surface area contributed by atoms with E-state index in [-0.39, 0.29) is 0 Å². The van der Waals surface area contributed by atoms with Crippen molar-refractivity contribution in [1.29, 1.82) is 0 Å². The van der Waals surface area contributed by atoms with E-state index in [1.165, 1.54) is 0 Å². The maximum Gasteiger partial charge on any atom is 0.157 e. The first kappa shape index (κ1) is 8.33. The SMILES string of the molecule is C=C(Br)COc1cnn(C)c1. The molecule has 0 amide bonds. The van der Waals surface area contributed by atoms with Crippen molar-refractivity contribution in [2.24, 2.45) is 7.05 Å². The highest BCUT2D eigenvalue weighted by atomic mass is 79.9. The van der Waals surface area contributed by atoms with E-state index in [1.54, 1.807) is 17.1 Å². The summed E-state index contributed by atoms with van der Waals surface area (Å²) >= 11 is 3.19. The Balaban J connectivity index is 2.45. The average molecular weight is 217 g/mol. The van der Waals surface area contributed by atoms with Crippen LogP contribution in [0.1, 0.15) is 0 Å². The first-order chi connectivity index (χ1) is 5.18. The van der Waals surface area contributed by atoms with Crippen LogP contribution in [0, 0.1) is 0 Å². The molecule has 4 heteroatoms. The summed E-state index contributed by atoms with van der Waals surface area (Å²) in [4.78, 5) is 0. The summed E-state index contributed by atoms with van der Waals surface area (Å²) in [5.74, 6) is 0.758. The van der Waals surface area contributed by atoms with Crippen molar-refractivity contribution in [2.75, 3.05) is 6.61 Å². The van der Waals surface area contributed by atoms with Crippen molar-refractivity contribution in [3.8, 4) is 5.75 Å². The van der Waals surface area contributed by atoms with Crippen LogP contribution in [0.3, 0.4) is 0 Å². The van der Waals surface area contributed by atoms with Crippen LogP contribution >= 0.6 is 15.9 Å². The van der Waals surface area contributed by atoms with E-state index in [9.17, 15) is 0 Å². The molecule has 1 aromatic rings. The molecule has 1 heterocycles. The zero-order valence-corrected chi connectivity index (χ0v) is 7.84. The predicted octanol–water partition coefficient (Wildman–Crippen LogP) is 1.71. The van der Waals surface area contributed by atoms with Gasteiger partial charge in [0.15, 0.2) is 5.75 Å². The second-order valence-electron chi connectivity index (χ2n) is 2.16. The summed E-state index contributed by atoms with van der Waals surface area (Å²) in [6.45, 7) is 4.12. The Morgan fingerprint density at radius 3 is 3.09 bits per heavy atom. The van der Waals surface area contributed by atoms with Gasteiger partial charge >= 0.3 is 0 Å². The minimum Gasteiger partial charge on any atom is -0.485 e. The monoisotopic (exact) mass is 216 g/mol. The van der Waals surface area contributed by atoms with Crippen molar-refractivity contribution in [3.63, 3.8) is 0 Å². The Kier molecular flexibility index (Phi) is 2.70. The predicted molar refractivity (Wildman–Crippen MR) is 46.8 cm³/mol. The molecule has 0 radical (unpaired) electrons. The van der Waals surface area contributed by atoms with Gasteiger partial charge in [0.25, 0.3) is 0 Å². The second kappa shape index (κ2) is 3.57. The molecule has 0 bridgehead atoms. The van der Waals surface area contributed by atoms with E-state index in [1.807, 2.05) is 7.05 Å². The molecule has 0 aliphatic heterocycles. The normalized spacial score (nSPS) is 9.64. The molecular weight excluding hydrogens is 208 g/mol. The van der Waals surface area contributed by atoms with Crippen LogP contribution in [-0.4, -0.2) is 16.4 Å². The maximum atomic E-state index is 5.26. The summed E-state index contributed by atoms with van der Waals surface area (Å²) in [7, 11) is 1.84. The van der Waals surface area contributed by atoms with E-state index in [2.05, 4.69) is 27.6 Å². The number of ether oxygens (including phenoxy) is 1. The largest absolute Gasteiger partial charge is 0.485 e. The van der Waals surface area contributed by atoms with Gasteiger partial charge in [-0.15, -0.1) is 0 Å². The molecule has 0 spiro atoms. The summed E-state index contributed by atoms with van der Waals surface area (Å²) in [6, 6.07) is 0. The van der Waals surface area contributed by atoms with Gasteiger partial charge in [0.2, 0.25) is 0 Å². The van der Waals surface area contributed by atoms with Gasteiger partial charge in [-0.2, -0.15) is 5.10 Å². The molecule has 1 rings (SSSR count).